The lowest BCUT2D eigenvalue weighted by Gasteiger charge is -2.33. The molecule has 0 bridgehead atoms. The number of carbonyl (C=O) groups is 2. The average Bonchev–Trinajstić information content (AvgIpc) is 2.82. The molecule has 5 nitrogen and oxygen atoms in total. The number of nitrogens with one attached hydrogen (secondary N) is 1. The van der Waals surface area contributed by atoms with Gasteiger partial charge in [-0.15, -0.1) is 0 Å². The van der Waals surface area contributed by atoms with Gasteiger partial charge in [0.25, 0.3) is 5.91 Å². The van der Waals surface area contributed by atoms with Crippen LogP contribution in [0.3, 0.4) is 0 Å². The van der Waals surface area contributed by atoms with Gasteiger partial charge in [0.15, 0.2) is 6.61 Å². The molecule has 0 aliphatic carbocycles. The van der Waals surface area contributed by atoms with E-state index in [1.54, 1.807) is 30.3 Å². The van der Waals surface area contributed by atoms with Crippen LogP contribution in [0.1, 0.15) is 37.5 Å². The minimum Gasteiger partial charge on any atom is -0.484 e. The predicted molar refractivity (Wildman–Crippen MR) is 140 cm³/mol. The monoisotopic (exact) mass is 510 g/mol. The van der Waals surface area contributed by atoms with Crippen molar-refractivity contribution < 1.29 is 18.7 Å². The zero-order valence-electron chi connectivity index (χ0n) is 21.1. The molecule has 1 atom stereocenters. The van der Waals surface area contributed by atoms with Crippen molar-refractivity contribution in [3.63, 3.8) is 0 Å². The molecule has 2 amide bonds. The van der Waals surface area contributed by atoms with Crippen molar-refractivity contribution in [2.24, 2.45) is 0 Å². The maximum absolute atomic E-state index is 13.6. The van der Waals surface area contributed by atoms with Crippen LogP contribution in [0.5, 0.6) is 5.75 Å². The lowest BCUT2D eigenvalue weighted by Crippen LogP contribution is -2.55. The highest BCUT2D eigenvalue weighted by Crippen LogP contribution is 2.22. The molecule has 36 heavy (non-hydrogen) atoms. The fourth-order valence-corrected chi connectivity index (χ4v) is 3.85. The van der Waals surface area contributed by atoms with Crippen LogP contribution >= 0.6 is 11.6 Å². The minimum atomic E-state index is -0.806. The summed E-state index contributed by atoms with van der Waals surface area (Å²) in [6.07, 6.45) is 0.315. The number of nitrogens with zero attached hydrogens (tertiary/aromatic N) is 1. The number of benzene rings is 3. The fraction of sp³-hybridized carbons (Fsp3) is 0.310. The zero-order valence-corrected chi connectivity index (χ0v) is 21.8. The molecule has 1 N–H and O–H groups in total. The standard InChI is InChI=1S/C29H32ClFN2O3/c1-20-16-24(14-15-25(20)30)36-19-27(34)33(18-22-10-12-23(31)13-11-22)26(28(35)32-29(2,3)4)17-21-8-6-5-7-9-21/h5-16,26H,17-19H2,1-4H3,(H,32,35). The highest BCUT2D eigenvalue weighted by Gasteiger charge is 2.32. The first-order valence-corrected chi connectivity index (χ1v) is 12.2. The molecule has 7 heteroatoms. The zero-order chi connectivity index (χ0) is 26.3. The van der Waals surface area contributed by atoms with Crippen LogP contribution in [0.2, 0.25) is 5.02 Å². The van der Waals surface area contributed by atoms with Crippen molar-refractivity contribution in [2.45, 2.75) is 52.2 Å². The Bertz CT molecular complexity index is 1180. The summed E-state index contributed by atoms with van der Waals surface area (Å²) in [4.78, 5) is 28.6. The molecule has 0 fully saturated rings. The van der Waals surface area contributed by atoms with Crippen molar-refractivity contribution in [3.8, 4) is 5.75 Å². The first-order valence-electron chi connectivity index (χ1n) is 11.8. The lowest BCUT2D eigenvalue weighted by molar-refractivity contribution is -0.143. The topological polar surface area (TPSA) is 58.6 Å². The van der Waals surface area contributed by atoms with Crippen LogP contribution in [0, 0.1) is 12.7 Å². The van der Waals surface area contributed by atoms with Crippen LogP contribution in [0.25, 0.3) is 0 Å². The molecule has 0 spiro atoms. The Hall–Kier alpha value is -3.38. The average molecular weight is 511 g/mol. The van der Waals surface area contributed by atoms with Crippen molar-refractivity contribution >= 4 is 23.4 Å². The van der Waals surface area contributed by atoms with Crippen molar-refractivity contribution in [1.29, 1.82) is 0 Å². The SMILES string of the molecule is Cc1cc(OCC(=O)N(Cc2ccc(F)cc2)C(Cc2ccccc2)C(=O)NC(C)(C)C)ccc1Cl. The number of hydrogen-bond donors (Lipinski definition) is 1. The summed E-state index contributed by atoms with van der Waals surface area (Å²) >= 11 is 6.10. The fourth-order valence-electron chi connectivity index (χ4n) is 3.73. The van der Waals surface area contributed by atoms with Gasteiger partial charge < -0.3 is 15.0 Å². The van der Waals surface area contributed by atoms with Gasteiger partial charge in [-0.3, -0.25) is 9.59 Å². The molecule has 0 radical (unpaired) electrons. The summed E-state index contributed by atoms with van der Waals surface area (Å²) in [6, 6.07) is 19.8. The van der Waals surface area contributed by atoms with Crippen LogP contribution in [-0.4, -0.2) is 34.9 Å². The second-order valence-corrected chi connectivity index (χ2v) is 10.2. The number of halogens is 2. The molecule has 0 saturated carbocycles. The summed E-state index contributed by atoms with van der Waals surface area (Å²) in [6.45, 7) is 7.38. The van der Waals surface area contributed by atoms with Gasteiger partial charge in [0.1, 0.15) is 17.6 Å². The van der Waals surface area contributed by atoms with Crippen LogP contribution in [0.15, 0.2) is 72.8 Å². The Morgan fingerprint density at radius 3 is 2.28 bits per heavy atom. The predicted octanol–water partition coefficient (Wildman–Crippen LogP) is 5.72. The molecular weight excluding hydrogens is 479 g/mol. The van der Waals surface area contributed by atoms with Gasteiger partial charge in [0.05, 0.1) is 0 Å². The highest BCUT2D eigenvalue weighted by molar-refractivity contribution is 6.31. The van der Waals surface area contributed by atoms with E-state index in [2.05, 4.69) is 5.32 Å². The Morgan fingerprint density at radius 1 is 1.00 bits per heavy atom. The van der Waals surface area contributed by atoms with Gasteiger partial charge in [0.2, 0.25) is 5.91 Å². The molecule has 3 aromatic rings. The molecule has 0 aromatic heterocycles. The molecule has 3 aromatic carbocycles. The van der Waals surface area contributed by atoms with E-state index in [1.807, 2.05) is 58.0 Å². The third kappa shape index (κ3) is 8.09. The summed E-state index contributed by atoms with van der Waals surface area (Å²) in [5.41, 5.74) is 1.95. The molecular formula is C29H32ClFN2O3. The van der Waals surface area contributed by atoms with Gasteiger partial charge in [-0.1, -0.05) is 54.1 Å². The Kier molecular flexibility index (Phi) is 9.10. The van der Waals surface area contributed by atoms with E-state index in [0.717, 1.165) is 11.1 Å². The number of aryl methyl sites for hydroxylation is 1. The van der Waals surface area contributed by atoms with E-state index in [9.17, 15) is 14.0 Å². The highest BCUT2D eigenvalue weighted by atomic mass is 35.5. The second-order valence-electron chi connectivity index (χ2n) is 9.79. The normalized spacial score (nSPS) is 12.1. The molecule has 190 valence electrons. The van der Waals surface area contributed by atoms with Crippen molar-refractivity contribution in [1.82, 2.24) is 10.2 Å². The van der Waals surface area contributed by atoms with E-state index < -0.39 is 11.6 Å². The number of amides is 2. The van der Waals surface area contributed by atoms with E-state index in [1.165, 1.54) is 17.0 Å². The van der Waals surface area contributed by atoms with Crippen LogP contribution in [-0.2, 0) is 22.6 Å². The Morgan fingerprint density at radius 2 is 1.67 bits per heavy atom. The summed E-state index contributed by atoms with van der Waals surface area (Å²) in [5.74, 6) is -0.504. The van der Waals surface area contributed by atoms with Gasteiger partial charge >= 0.3 is 0 Å². The number of carbonyl (C=O) groups excluding carboxylic acids is 2. The quantitative estimate of drug-likeness (QED) is 0.400. The maximum Gasteiger partial charge on any atom is 0.261 e. The van der Waals surface area contributed by atoms with Gasteiger partial charge in [-0.2, -0.15) is 0 Å². The molecule has 0 heterocycles. The first kappa shape index (κ1) is 27.2. The van der Waals surface area contributed by atoms with Gasteiger partial charge in [-0.05, 0) is 74.7 Å². The Balaban J connectivity index is 1.92. The van der Waals surface area contributed by atoms with E-state index >= 15 is 0 Å². The number of hydrogen-bond acceptors (Lipinski definition) is 3. The third-order valence-electron chi connectivity index (χ3n) is 5.53. The minimum absolute atomic E-state index is 0.122. The summed E-state index contributed by atoms with van der Waals surface area (Å²) < 4.78 is 19.3. The largest absolute Gasteiger partial charge is 0.484 e. The Labute approximate surface area is 217 Å². The molecule has 0 aliphatic rings. The number of ether oxygens (including phenoxy) is 1. The molecule has 0 saturated heterocycles. The van der Waals surface area contributed by atoms with E-state index in [4.69, 9.17) is 16.3 Å². The van der Waals surface area contributed by atoms with Gasteiger partial charge in [-0.25, -0.2) is 4.39 Å². The third-order valence-corrected chi connectivity index (χ3v) is 5.95. The smallest absolute Gasteiger partial charge is 0.261 e. The van der Waals surface area contributed by atoms with Crippen molar-refractivity contribution in [3.05, 3.63) is 100 Å². The van der Waals surface area contributed by atoms with Crippen LogP contribution < -0.4 is 10.1 Å². The summed E-state index contributed by atoms with van der Waals surface area (Å²) in [7, 11) is 0. The maximum atomic E-state index is 13.6. The van der Waals surface area contributed by atoms with E-state index in [-0.39, 0.29) is 30.8 Å². The number of rotatable bonds is 9. The van der Waals surface area contributed by atoms with Gasteiger partial charge in [0, 0.05) is 23.5 Å². The second kappa shape index (κ2) is 12.0. The molecule has 0 aliphatic heterocycles. The molecule has 1 unspecified atom stereocenters. The lowest BCUT2D eigenvalue weighted by atomic mass is 10.0. The van der Waals surface area contributed by atoms with Crippen molar-refractivity contribution in [2.75, 3.05) is 6.61 Å². The van der Waals surface area contributed by atoms with Crippen LogP contribution in [0.4, 0.5) is 4.39 Å². The first-order chi connectivity index (χ1) is 17.0. The summed E-state index contributed by atoms with van der Waals surface area (Å²) in [5, 5.41) is 3.61. The van der Waals surface area contributed by atoms with E-state index in [0.29, 0.717) is 22.8 Å². The molecule has 3 rings (SSSR count).